The molecular weight excluding hydrogens is 315 g/mol. The molecule has 0 amide bonds. The predicted molar refractivity (Wildman–Crippen MR) is 102 cm³/mol. The van der Waals surface area contributed by atoms with Gasteiger partial charge in [-0.25, -0.2) is 4.39 Å². The lowest BCUT2D eigenvalue weighted by atomic mass is 10.2. The molecule has 0 saturated carbocycles. The Morgan fingerprint density at radius 3 is 2.24 bits per heavy atom. The van der Waals surface area contributed by atoms with Crippen LogP contribution in [0.15, 0.2) is 72.5 Å². The minimum Gasteiger partial charge on any atom is -0.457 e. The van der Waals surface area contributed by atoms with Crippen molar-refractivity contribution in [1.29, 1.82) is 0 Å². The van der Waals surface area contributed by atoms with Gasteiger partial charge in [-0.05, 0) is 60.5 Å². The first-order valence-corrected chi connectivity index (χ1v) is 7.84. The minimum absolute atomic E-state index is 0.381. The van der Waals surface area contributed by atoms with E-state index < -0.39 is 6.67 Å². The molecule has 0 bridgehead atoms. The van der Waals surface area contributed by atoms with Crippen molar-refractivity contribution >= 4 is 5.69 Å². The highest BCUT2D eigenvalue weighted by Gasteiger charge is 1.99. The summed E-state index contributed by atoms with van der Waals surface area (Å²) in [6.45, 7) is -0.517. The highest BCUT2D eigenvalue weighted by molar-refractivity contribution is 5.49. The number of nitrogens with zero attached hydrogens (tertiary/aromatic N) is 1. The second-order valence-electron chi connectivity index (χ2n) is 5.47. The van der Waals surface area contributed by atoms with Crippen molar-refractivity contribution in [3.63, 3.8) is 0 Å². The molecule has 2 rings (SSSR count). The quantitative estimate of drug-likeness (QED) is 0.655. The highest BCUT2D eigenvalue weighted by atomic mass is 19.1. The Balaban J connectivity index is 2.00. The molecule has 0 atom stereocenters. The van der Waals surface area contributed by atoms with Crippen molar-refractivity contribution in [1.82, 2.24) is 0 Å². The second-order valence-corrected chi connectivity index (χ2v) is 5.47. The van der Waals surface area contributed by atoms with Gasteiger partial charge in [-0.1, -0.05) is 18.1 Å². The van der Waals surface area contributed by atoms with Crippen LogP contribution in [0.25, 0.3) is 0 Å². The van der Waals surface area contributed by atoms with Gasteiger partial charge >= 0.3 is 0 Å². The molecule has 128 valence electrons. The van der Waals surface area contributed by atoms with Crippen molar-refractivity contribution in [2.24, 2.45) is 5.73 Å². The Morgan fingerprint density at radius 2 is 1.68 bits per heavy atom. The van der Waals surface area contributed by atoms with Crippen LogP contribution >= 0.6 is 0 Å². The molecule has 0 spiro atoms. The maximum atomic E-state index is 11.9. The van der Waals surface area contributed by atoms with Gasteiger partial charge in [0.15, 0.2) is 0 Å². The SMILES string of the molecule is CN(C)c1ccc(Oc2ccc(C#C/C(N)=C/C=C/CF)cc2)cc1. The van der Waals surface area contributed by atoms with Crippen LogP contribution in [0, 0.1) is 11.8 Å². The highest BCUT2D eigenvalue weighted by Crippen LogP contribution is 2.24. The molecule has 0 aliphatic heterocycles. The number of alkyl halides is 1. The van der Waals surface area contributed by atoms with Gasteiger partial charge in [0.2, 0.25) is 0 Å². The second kappa shape index (κ2) is 9.19. The molecular formula is C21H21FN2O. The fraction of sp³-hybridized carbons (Fsp3) is 0.143. The summed E-state index contributed by atoms with van der Waals surface area (Å²) in [6.07, 6.45) is 4.48. The first-order valence-electron chi connectivity index (χ1n) is 7.84. The number of rotatable bonds is 5. The topological polar surface area (TPSA) is 38.5 Å². The minimum atomic E-state index is -0.517. The van der Waals surface area contributed by atoms with E-state index in [-0.39, 0.29) is 0 Å². The van der Waals surface area contributed by atoms with Crippen molar-refractivity contribution < 1.29 is 9.13 Å². The summed E-state index contributed by atoms with van der Waals surface area (Å²) in [6, 6.07) is 15.3. The Bertz CT molecular complexity index is 795. The van der Waals surface area contributed by atoms with Crippen LogP contribution in [-0.2, 0) is 0 Å². The zero-order valence-corrected chi connectivity index (χ0v) is 14.4. The number of hydrogen-bond donors (Lipinski definition) is 1. The first-order chi connectivity index (χ1) is 12.1. The molecule has 0 radical (unpaired) electrons. The molecule has 0 unspecified atom stereocenters. The molecule has 2 aromatic carbocycles. The average molecular weight is 336 g/mol. The number of ether oxygens (including phenoxy) is 1. The molecule has 0 aliphatic rings. The summed E-state index contributed by atoms with van der Waals surface area (Å²) in [4.78, 5) is 2.03. The lowest BCUT2D eigenvalue weighted by Gasteiger charge is -2.13. The van der Waals surface area contributed by atoms with Crippen molar-refractivity contribution in [2.75, 3.05) is 25.7 Å². The van der Waals surface area contributed by atoms with Crippen LogP contribution in [0.2, 0.25) is 0 Å². The maximum Gasteiger partial charge on any atom is 0.127 e. The Morgan fingerprint density at radius 1 is 1.08 bits per heavy atom. The van der Waals surface area contributed by atoms with Gasteiger partial charge in [0.1, 0.15) is 18.2 Å². The van der Waals surface area contributed by atoms with Crippen LogP contribution in [-0.4, -0.2) is 20.8 Å². The lowest BCUT2D eigenvalue weighted by molar-refractivity contribution is 0.482. The lowest BCUT2D eigenvalue weighted by Crippen LogP contribution is -2.07. The zero-order chi connectivity index (χ0) is 18.1. The summed E-state index contributed by atoms with van der Waals surface area (Å²) < 4.78 is 17.7. The molecule has 0 aromatic heterocycles. The van der Waals surface area contributed by atoms with E-state index in [0.29, 0.717) is 5.70 Å². The van der Waals surface area contributed by atoms with E-state index >= 15 is 0 Å². The van der Waals surface area contributed by atoms with E-state index in [0.717, 1.165) is 22.7 Å². The van der Waals surface area contributed by atoms with E-state index in [1.54, 1.807) is 12.2 Å². The Kier molecular flexibility index (Phi) is 6.67. The number of hydrogen-bond acceptors (Lipinski definition) is 3. The third-order valence-electron chi connectivity index (χ3n) is 3.30. The monoisotopic (exact) mass is 336 g/mol. The third kappa shape index (κ3) is 6.08. The van der Waals surface area contributed by atoms with E-state index in [4.69, 9.17) is 10.5 Å². The molecule has 0 saturated heterocycles. The van der Waals surface area contributed by atoms with E-state index in [2.05, 4.69) is 11.8 Å². The van der Waals surface area contributed by atoms with Crippen LogP contribution in [0.3, 0.4) is 0 Å². The maximum absolute atomic E-state index is 11.9. The average Bonchev–Trinajstić information content (AvgIpc) is 2.62. The van der Waals surface area contributed by atoms with Crippen LogP contribution < -0.4 is 15.4 Å². The predicted octanol–water partition coefficient (Wildman–Crippen LogP) is 4.26. The molecule has 0 fully saturated rings. The van der Waals surface area contributed by atoms with Gasteiger partial charge in [0.25, 0.3) is 0 Å². The zero-order valence-electron chi connectivity index (χ0n) is 14.4. The first kappa shape index (κ1) is 18.2. The Hall–Kier alpha value is -3.19. The standard InChI is InChI=1S/C21H21FN2O/c1-24(2)19-10-14-21(15-11-19)25-20-12-7-17(8-13-20)6-9-18(23)5-3-4-16-22/h3-5,7-8,10-15H,16,23H2,1-2H3/b4-3+,18-5-. The van der Waals surface area contributed by atoms with Crippen LogP contribution in [0.5, 0.6) is 11.5 Å². The van der Waals surface area contributed by atoms with Crippen LogP contribution in [0.4, 0.5) is 10.1 Å². The molecule has 0 aliphatic carbocycles. The molecule has 25 heavy (non-hydrogen) atoms. The van der Waals surface area contributed by atoms with Crippen LogP contribution in [0.1, 0.15) is 5.56 Å². The number of halogens is 1. The van der Waals surface area contributed by atoms with Gasteiger partial charge in [-0.3, -0.25) is 0 Å². The number of allylic oxidation sites excluding steroid dienone is 4. The Labute approximate surface area is 148 Å². The molecule has 2 aromatic rings. The summed E-state index contributed by atoms with van der Waals surface area (Å²) >= 11 is 0. The van der Waals surface area contributed by atoms with Crippen molar-refractivity contribution in [2.45, 2.75) is 0 Å². The van der Waals surface area contributed by atoms with E-state index in [9.17, 15) is 4.39 Å². The van der Waals surface area contributed by atoms with Gasteiger partial charge in [-0.15, -0.1) is 0 Å². The fourth-order valence-electron chi connectivity index (χ4n) is 1.96. The fourth-order valence-corrected chi connectivity index (χ4v) is 1.96. The molecule has 2 N–H and O–H groups in total. The smallest absolute Gasteiger partial charge is 0.127 e. The number of nitrogens with two attached hydrogens (primary N) is 1. The van der Waals surface area contributed by atoms with E-state index in [1.165, 1.54) is 6.08 Å². The molecule has 3 nitrogen and oxygen atoms in total. The molecule has 4 heteroatoms. The normalized spacial score (nSPS) is 11.1. The third-order valence-corrected chi connectivity index (χ3v) is 3.30. The van der Waals surface area contributed by atoms with Gasteiger partial charge in [0.05, 0.1) is 5.70 Å². The summed E-state index contributed by atoms with van der Waals surface area (Å²) in [5, 5.41) is 0. The van der Waals surface area contributed by atoms with Crippen molar-refractivity contribution in [3.8, 4) is 23.3 Å². The largest absolute Gasteiger partial charge is 0.457 e. The summed E-state index contributed by atoms with van der Waals surface area (Å²) in [5.41, 5.74) is 8.03. The van der Waals surface area contributed by atoms with Gasteiger partial charge < -0.3 is 15.4 Å². The number of benzene rings is 2. The molecule has 0 heterocycles. The van der Waals surface area contributed by atoms with E-state index in [1.807, 2.05) is 67.5 Å². The number of anilines is 1. The summed E-state index contributed by atoms with van der Waals surface area (Å²) in [7, 11) is 3.99. The summed E-state index contributed by atoms with van der Waals surface area (Å²) in [5.74, 6) is 7.27. The van der Waals surface area contributed by atoms with Gasteiger partial charge in [-0.2, -0.15) is 0 Å². The van der Waals surface area contributed by atoms with Gasteiger partial charge in [0, 0.05) is 25.3 Å². The van der Waals surface area contributed by atoms with Crippen molar-refractivity contribution in [3.05, 3.63) is 78.0 Å².